The molecule has 0 saturated carbocycles. The van der Waals surface area contributed by atoms with E-state index in [1.165, 1.54) is 52.6 Å². The van der Waals surface area contributed by atoms with Gasteiger partial charge in [0, 0.05) is 26.7 Å². The fourth-order valence-electron chi connectivity index (χ4n) is 4.05. The minimum Gasteiger partial charge on any atom is -0.465 e. The second-order valence-electron chi connectivity index (χ2n) is 8.60. The topological polar surface area (TPSA) is 86.1 Å². The zero-order chi connectivity index (χ0) is 23.7. The number of carbonyl (C=O) groups is 2. The van der Waals surface area contributed by atoms with Crippen LogP contribution in [0.2, 0.25) is 0 Å². The monoisotopic (exact) mass is 504 g/mol. The third-order valence-electron chi connectivity index (χ3n) is 5.67. The molecule has 0 spiro atoms. The molecule has 0 aromatic carbocycles. The molecule has 3 aromatic rings. The standard InChI is InChI=1S/C23H28N4O3S3/c1-12(2)27-20(17-10-31-18-8-13(3)6-7-15(17)18)25-26-23(27)32-11-19(28)24-21-16(22(29)30-5)9-14(4)33-21/h9-10,12-13H,6-8,11H2,1-5H3,(H,24,28). The number of ether oxygens (including phenoxy) is 1. The van der Waals surface area contributed by atoms with Gasteiger partial charge in [-0.25, -0.2) is 4.79 Å². The number of anilines is 1. The van der Waals surface area contributed by atoms with Crippen LogP contribution < -0.4 is 5.32 Å². The average molecular weight is 505 g/mol. The molecule has 0 aliphatic heterocycles. The summed E-state index contributed by atoms with van der Waals surface area (Å²) in [6, 6.07) is 1.88. The van der Waals surface area contributed by atoms with Crippen LogP contribution in [0.3, 0.4) is 0 Å². The van der Waals surface area contributed by atoms with Gasteiger partial charge in [0.1, 0.15) is 5.00 Å². The minimum atomic E-state index is -0.458. The number of amides is 1. The molecule has 1 unspecified atom stereocenters. The number of nitrogens with one attached hydrogen (secondary N) is 1. The van der Waals surface area contributed by atoms with Crippen LogP contribution in [0.15, 0.2) is 16.6 Å². The molecule has 176 valence electrons. The first kappa shape index (κ1) is 24.0. The molecule has 0 radical (unpaired) electrons. The number of aryl methyl sites for hydroxylation is 1. The molecule has 0 bridgehead atoms. The number of fused-ring (bicyclic) bond motifs is 1. The van der Waals surface area contributed by atoms with Gasteiger partial charge in [-0.05, 0) is 57.6 Å². The minimum absolute atomic E-state index is 0.157. The number of thiophene rings is 2. The number of hydrogen-bond acceptors (Lipinski definition) is 8. The summed E-state index contributed by atoms with van der Waals surface area (Å²) in [4.78, 5) is 27.0. The summed E-state index contributed by atoms with van der Waals surface area (Å²) in [5, 5.41) is 15.2. The van der Waals surface area contributed by atoms with Gasteiger partial charge < -0.3 is 10.1 Å². The van der Waals surface area contributed by atoms with Gasteiger partial charge in [0.05, 0.1) is 18.4 Å². The van der Waals surface area contributed by atoms with Gasteiger partial charge in [-0.15, -0.1) is 32.9 Å². The Bertz CT molecular complexity index is 1180. The Morgan fingerprint density at radius 3 is 2.88 bits per heavy atom. The molecule has 1 amide bonds. The van der Waals surface area contributed by atoms with Crippen molar-refractivity contribution in [2.24, 2.45) is 5.92 Å². The van der Waals surface area contributed by atoms with E-state index in [-0.39, 0.29) is 17.7 Å². The summed E-state index contributed by atoms with van der Waals surface area (Å²) < 4.78 is 6.94. The summed E-state index contributed by atoms with van der Waals surface area (Å²) in [5.41, 5.74) is 2.96. The highest BCUT2D eigenvalue weighted by molar-refractivity contribution is 7.99. The van der Waals surface area contributed by atoms with E-state index >= 15 is 0 Å². The lowest BCUT2D eigenvalue weighted by Gasteiger charge is -2.19. The smallest absolute Gasteiger partial charge is 0.340 e. The Hall–Kier alpha value is -2.17. The van der Waals surface area contributed by atoms with Crippen LogP contribution in [-0.4, -0.2) is 39.5 Å². The Morgan fingerprint density at radius 2 is 2.15 bits per heavy atom. The van der Waals surface area contributed by atoms with Crippen LogP contribution in [-0.2, 0) is 22.4 Å². The number of hydrogen-bond donors (Lipinski definition) is 1. The second-order valence-corrected chi connectivity index (χ2v) is 11.8. The van der Waals surface area contributed by atoms with E-state index in [2.05, 4.69) is 46.2 Å². The van der Waals surface area contributed by atoms with E-state index in [0.29, 0.717) is 10.6 Å². The largest absolute Gasteiger partial charge is 0.465 e. The highest BCUT2D eigenvalue weighted by Crippen LogP contribution is 2.39. The number of thioether (sulfide) groups is 1. The zero-order valence-corrected chi connectivity index (χ0v) is 21.9. The highest BCUT2D eigenvalue weighted by atomic mass is 32.2. The van der Waals surface area contributed by atoms with Gasteiger partial charge >= 0.3 is 5.97 Å². The van der Waals surface area contributed by atoms with Gasteiger partial charge in [-0.3, -0.25) is 9.36 Å². The van der Waals surface area contributed by atoms with Crippen LogP contribution in [0.1, 0.15) is 58.9 Å². The van der Waals surface area contributed by atoms with Crippen molar-refractivity contribution in [3.05, 3.63) is 32.3 Å². The van der Waals surface area contributed by atoms with Gasteiger partial charge in [-0.1, -0.05) is 18.7 Å². The Morgan fingerprint density at radius 1 is 1.36 bits per heavy atom. The Kier molecular flexibility index (Phi) is 7.25. The molecule has 1 N–H and O–H groups in total. The maximum Gasteiger partial charge on any atom is 0.340 e. The molecular weight excluding hydrogens is 476 g/mol. The van der Waals surface area contributed by atoms with E-state index in [9.17, 15) is 9.59 Å². The second kappa shape index (κ2) is 9.99. The number of methoxy groups -OCH3 is 1. The molecule has 1 atom stereocenters. The summed E-state index contributed by atoms with van der Waals surface area (Å²) in [6.07, 6.45) is 3.41. The lowest BCUT2D eigenvalue weighted by atomic mass is 9.88. The van der Waals surface area contributed by atoms with Crippen LogP contribution in [0.5, 0.6) is 0 Å². The van der Waals surface area contributed by atoms with Crippen molar-refractivity contribution in [1.82, 2.24) is 14.8 Å². The van der Waals surface area contributed by atoms with Crippen molar-refractivity contribution in [2.45, 2.75) is 58.2 Å². The lowest BCUT2D eigenvalue weighted by molar-refractivity contribution is -0.113. The van der Waals surface area contributed by atoms with Crippen LogP contribution in [0.25, 0.3) is 11.4 Å². The lowest BCUT2D eigenvalue weighted by Crippen LogP contribution is -2.16. The van der Waals surface area contributed by atoms with Crippen molar-refractivity contribution in [3.63, 3.8) is 0 Å². The first-order chi connectivity index (χ1) is 15.8. The molecule has 1 aliphatic carbocycles. The van der Waals surface area contributed by atoms with Gasteiger partial charge in [-0.2, -0.15) is 0 Å². The van der Waals surface area contributed by atoms with E-state index in [0.717, 1.165) is 34.6 Å². The number of rotatable bonds is 7. The summed E-state index contributed by atoms with van der Waals surface area (Å²) in [7, 11) is 1.33. The quantitative estimate of drug-likeness (QED) is 0.333. The predicted octanol–water partition coefficient (Wildman–Crippen LogP) is 5.60. The Balaban J connectivity index is 1.51. The third-order valence-corrected chi connectivity index (χ3v) is 8.63. The molecule has 1 aliphatic rings. The van der Waals surface area contributed by atoms with E-state index in [1.807, 2.05) is 18.3 Å². The summed E-state index contributed by atoms with van der Waals surface area (Å²) in [6.45, 7) is 8.41. The molecule has 7 nitrogen and oxygen atoms in total. The maximum atomic E-state index is 12.7. The molecule has 4 rings (SSSR count). The summed E-state index contributed by atoms with van der Waals surface area (Å²) in [5.74, 6) is 1.11. The van der Waals surface area contributed by atoms with Crippen LogP contribution in [0, 0.1) is 12.8 Å². The SMILES string of the molecule is COC(=O)c1cc(C)sc1NC(=O)CSc1nnc(-c2csc3c2CCC(C)C3)n1C(C)C. The average Bonchev–Trinajstić information content (AvgIpc) is 3.47. The molecule has 10 heteroatoms. The van der Waals surface area contributed by atoms with E-state index < -0.39 is 5.97 Å². The van der Waals surface area contributed by atoms with Crippen molar-refractivity contribution in [3.8, 4) is 11.4 Å². The van der Waals surface area contributed by atoms with Gasteiger partial charge in [0.15, 0.2) is 11.0 Å². The van der Waals surface area contributed by atoms with Crippen molar-refractivity contribution < 1.29 is 14.3 Å². The zero-order valence-electron chi connectivity index (χ0n) is 19.4. The summed E-state index contributed by atoms with van der Waals surface area (Å²) >= 11 is 4.53. The number of nitrogens with zero attached hydrogens (tertiary/aromatic N) is 3. The first-order valence-corrected chi connectivity index (χ1v) is 13.6. The molecular formula is C23H28N4O3S3. The molecule has 33 heavy (non-hydrogen) atoms. The number of aromatic nitrogens is 3. The van der Waals surface area contributed by atoms with Crippen molar-refractivity contribution in [1.29, 1.82) is 0 Å². The van der Waals surface area contributed by atoms with Gasteiger partial charge in [0.2, 0.25) is 5.91 Å². The van der Waals surface area contributed by atoms with E-state index in [1.54, 1.807) is 6.07 Å². The van der Waals surface area contributed by atoms with Crippen LogP contribution in [0.4, 0.5) is 5.00 Å². The van der Waals surface area contributed by atoms with Crippen molar-refractivity contribution in [2.75, 3.05) is 18.2 Å². The van der Waals surface area contributed by atoms with E-state index in [4.69, 9.17) is 4.74 Å². The molecule has 0 saturated heterocycles. The number of esters is 1. The van der Waals surface area contributed by atoms with Gasteiger partial charge in [0.25, 0.3) is 0 Å². The fourth-order valence-corrected chi connectivity index (χ4v) is 7.08. The highest BCUT2D eigenvalue weighted by Gasteiger charge is 2.26. The molecule has 3 heterocycles. The third kappa shape index (κ3) is 5.02. The predicted molar refractivity (Wildman–Crippen MR) is 135 cm³/mol. The maximum absolute atomic E-state index is 12.7. The Labute approximate surface area is 206 Å². The van der Waals surface area contributed by atoms with Crippen molar-refractivity contribution >= 4 is 51.3 Å². The first-order valence-electron chi connectivity index (χ1n) is 10.9. The normalized spacial score (nSPS) is 15.5. The molecule has 0 fully saturated rings. The molecule has 3 aromatic heterocycles. The number of carbonyl (C=O) groups excluding carboxylic acids is 2. The fraction of sp³-hybridized carbons (Fsp3) is 0.478. The van der Waals surface area contributed by atoms with Crippen LogP contribution >= 0.6 is 34.4 Å².